The number of nitrogens with zero attached hydrogens (tertiary/aromatic N) is 5. The molecule has 6 nitrogen and oxygen atoms in total. The average Bonchev–Trinajstić information content (AvgIpc) is 3.27. The number of benzene rings is 1. The van der Waals surface area contributed by atoms with E-state index in [1.165, 1.54) is 18.5 Å². The summed E-state index contributed by atoms with van der Waals surface area (Å²) in [6, 6.07) is 10.4. The van der Waals surface area contributed by atoms with E-state index in [9.17, 15) is 9.18 Å². The van der Waals surface area contributed by atoms with Gasteiger partial charge in [0.1, 0.15) is 12.1 Å². The summed E-state index contributed by atoms with van der Waals surface area (Å²) in [6.45, 7) is 3.22. The summed E-state index contributed by atoms with van der Waals surface area (Å²) in [5.41, 5.74) is 4.51. The van der Waals surface area contributed by atoms with Gasteiger partial charge >= 0.3 is 0 Å². The van der Waals surface area contributed by atoms with Crippen LogP contribution < -0.4 is 4.90 Å². The molecule has 3 aromatic rings. The van der Waals surface area contributed by atoms with E-state index in [0.29, 0.717) is 13.0 Å². The van der Waals surface area contributed by atoms with Crippen LogP contribution in [0.25, 0.3) is 11.1 Å². The topological polar surface area (TPSA) is 62.2 Å². The van der Waals surface area contributed by atoms with Gasteiger partial charge in [-0.1, -0.05) is 6.07 Å². The fraction of sp³-hybridized carbons (Fsp3) is 0.333. The van der Waals surface area contributed by atoms with E-state index in [2.05, 4.69) is 9.97 Å². The van der Waals surface area contributed by atoms with Crippen molar-refractivity contribution in [1.29, 1.82) is 0 Å². The van der Waals surface area contributed by atoms with Crippen molar-refractivity contribution < 1.29 is 9.18 Å². The SMILES string of the molecule is Cc1cc(-c2cncnc2)cc([C@H]2CCCN2C(=O)CCN(C)c2cccc(F)c2)n1. The van der Waals surface area contributed by atoms with Gasteiger partial charge in [-0.15, -0.1) is 0 Å². The van der Waals surface area contributed by atoms with Crippen LogP contribution in [0.1, 0.15) is 36.7 Å². The second-order valence-electron chi connectivity index (χ2n) is 7.95. The number of carbonyl (C=O) groups is 1. The molecule has 0 bridgehead atoms. The van der Waals surface area contributed by atoms with E-state index in [4.69, 9.17) is 4.98 Å². The number of carbonyl (C=O) groups excluding carboxylic acids is 1. The molecule has 7 heteroatoms. The summed E-state index contributed by atoms with van der Waals surface area (Å²) in [6.07, 6.45) is 7.30. The van der Waals surface area contributed by atoms with Crippen LogP contribution in [0.15, 0.2) is 55.1 Å². The van der Waals surface area contributed by atoms with Gasteiger partial charge in [0.25, 0.3) is 0 Å². The molecule has 0 spiro atoms. The van der Waals surface area contributed by atoms with Crippen molar-refractivity contribution in [2.45, 2.75) is 32.2 Å². The van der Waals surface area contributed by atoms with Crippen LogP contribution in [0.4, 0.5) is 10.1 Å². The molecule has 2 aromatic heterocycles. The maximum atomic E-state index is 13.5. The van der Waals surface area contributed by atoms with Crippen LogP contribution in [-0.4, -0.2) is 45.9 Å². The quantitative estimate of drug-likeness (QED) is 0.600. The molecule has 1 atom stereocenters. The third kappa shape index (κ3) is 4.87. The number of halogens is 1. The van der Waals surface area contributed by atoms with Gasteiger partial charge in [-0.3, -0.25) is 9.78 Å². The number of amides is 1. The van der Waals surface area contributed by atoms with Gasteiger partial charge < -0.3 is 9.80 Å². The van der Waals surface area contributed by atoms with Crippen molar-refractivity contribution in [2.75, 3.05) is 25.0 Å². The number of likely N-dealkylation sites (tertiary alicyclic amines) is 1. The lowest BCUT2D eigenvalue weighted by Gasteiger charge is -2.26. The normalized spacial score (nSPS) is 15.8. The minimum Gasteiger partial charge on any atom is -0.374 e. The third-order valence-electron chi connectivity index (χ3n) is 5.69. The van der Waals surface area contributed by atoms with Gasteiger partial charge in [-0.05, 0) is 55.7 Å². The highest BCUT2D eigenvalue weighted by atomic mass is 19.1. The van der Waals surface area contributed by atoms with Gasteiger partial charge in [0, 0.05) is 55.9 Å². The van der Waals surface area contributed by atoms with Gasteiger partial charge in [0.2, 0.25) is 5.91 Å². The van der Waals surface area contributed by atoms with Gasteiger partial charge in [-0.2, -0.15) is 0 Å². The summed E-state index contributed by atoms with van der Waals surface area (Å²) in [7, 11) is 1.87. The first-order valence-corrected chi connectivity index (χ1v) is 10.5. The van der Waals surface area contributed by atoms with Crippen LogP contribution in [0, 0.1) is 12.7 Å². The molecule has 0 aliphatic carbocycles. The zero-order chi connectivity index (χ0) is 21.8. The molecule has 1 saturated heterocycles. The zero-order valence-corrected chi connectivity index (χ0v) is 17.8. The summed E-state index contributed by atoms with van der Waals surface area (Å²) < 4.78 is 13.5. The Balaban J connectivity index is 1.47. The maximum absolute atomic E-state index is 13.5. The molecule has 1 fully saturated rings. The van der Waals surface area contributed by atoms with Crippen LogP contribution in [0.2, 0.25) is 0 Å². The summed E-state index contributed by atoms with van der Waals surface area (Å²) >= 11 is 0. The lowest BCUT2D eigenvalue weighted by Crippen LogP contribution is -2.33. The van der Waals surface area contributed by atoms with Gasteiger partial charge in [-0.25, -0.2) is 14.4 Å². The van der Waals surface area contributed by atoms with E-state index >= 15 is 0 Å². The Kier molecular flexibility index (Phi) is 6.21. The van der Waals surface area contributed by atoms with E-state index in [-0.39, 0.29) is 17.8 Å². The predicted octanol–water partition coefficient (Wildman–Crippen LogP) is 4.18. The minimum absolute atomic E-state index is 0.0322. The Labute approximate surface area is 181 Å². The molecule has 0 saturated carbocycles. The smallest absolute Gasteiger partial charge is 0.224 e. The summed E-state index contributed by atoms with van der Waals surface area (Å²) in [5.74, 6) is -0.181. The Morgan fingerprint density at radius 3 is 2.77 bits per heavy atom. The Morgan fingerprint density at radius 1 is 1.19 bits per heavy atom. The number of hydrogen-bond acceptors (Lipinski definition) is 5. The molecule has 0 unspecified atom stereocenters. The summed E-state index contributed by atoms with van der Waals surface area (Å²) in [4.78, 5) is 29.8. The van der Waals surface area contributed by atoms with E-state index < -0.39 is 0 Å². The standard InChI is InChI=1S/C24H26FN5O/c1-17-11-18(19-14-26-16-27-15-19)12-22(28-17)23-7-4-9-30(23)24(31)8-10-29(2)21-6-3-5-20(25)13-21/h3,5-6,11-16,23H,4,7-10H2,1-2H3/t23-/m1/s1. The second-order valence-corrected chi connectivity index (χ2v) is 7.95. The van der Waals surface area contributed by atoms with Crippen molar-refractivity contribution in [3.05, 3.63) is 72.3 Å². The first-order chi connectivity index (χ1) is 15.0. The number of pyridine rings is 1. The van der Waals surface area contributed by atoms with Crippen LogP contribution in [-0.2, 0) is 4.79 Å². The number of aryl methyl sites for hydroxylation is 1. The van der Waals surface area contributed by atoms with Crippen LogP contribution in [0.3, 0.4) is 0 Å². The van der Waals surface area contributed by atoms with Crippen LogP contribution in [0.5, 0.6) is 0 Å². The molecular formula is C24H26FN5O. The molecule has 1 aliphatic rings. The zero-order valence-electron chi connectivity index (χ0n) is 17.8. The molecule has 0 radical (unpaired) electrons. The highest BCUT2D eigenvalue weighted by molar-refractivity contribution is 5.77. The third-order valence-corrected chi connectivity index (χ3v) is 5.69. The van der Waals surface area contributed by atoms with Crippen molar-refractivity contribution in [3.63, 3.8) is 0 Å². The fourth-order valence-corrected chi connectivity index (χ4v) is 4.10. The lowest BCUT2D eigenvalue weighted by molar-refractivity contribution is -0.132. The Hall–Kier alpha value is -3.35. The van der Waals surface area contributed by atoms with E-state index in [1.54, 1.807) is 18.5 Å². The van der Waals surface area contributed by atoms with Crippen molar-refractivity contribution in [1.82, 2.24) is 19.9 Å². The fourth-order valence-electron chi connectivity index (χ4n) is 4.10. The highest BCUT2D eigenvalue weighted by Crippen LogP contribution is 2.33. The second kappa shape index (κ2) is 9.20. The summed E-state index contributed by atoms with van der Waals surface area (Å²) in [5, 5.41) is 0. The number of anilines is 1. The molecule has 31 heavy (non-hydrogen) atoms. The molecule has 1 aliphatic heterocycles. The number of rotatable bonds is 6. The van der Waals surface area contributed by atoms with Gasteiger partial charge in [0.05, 0.1) is 11.7 Å². The minimum atomic E-state index is -0.277. The average molecular weight is 420 g/mol. The van der Waals surface area contributed by atoms with Crippen molar-refractivity contribution >= 4 is 11.6 Å². The van der Waals surface area contributed by atoms with Crippen molar-refractivity contribution in [2.24, 2.45) is 0 Å². The maximum Gasteiger partial charge on any atom is 0.224 e. The Morgan fingerprint density at radius 2 is 2.00 bits per heavy atom. The van der Waals surface area contributed by atoms with Crippen molar-refractivity contribution in [3.8, 4) is 11.1 Å². The van der Waals surface area contributed by atoms with E-state index in [1.807, 2.05) is 42.0 Å². The van der Waals surface area contributed by atoms with E-state index in [0.717, 1.165) is 47.6 Å². The molecule has 160 valence electrons. The predicted molar refractivity (Wildman–Crippen MR) is 118 cm³/mol. The Bertz CT molecular complexity index is 1060. The lowest BCUT2D eigenvalue weighted by atomic mass is 10.0. The molecule has 3 heterocycles. The molecular weight excluding hydrogens is 393 g/mol. The number of hydrogen-bond donors (Lipinski definition) is 0. The number of aromatic nitrogens is 3. The van der Waals surface area contributed by atoms with Crippen LogP contribution >= 0.6 is 0 Å². The molecule has 1 aromatic carbocycles. The highest BCUT2D eigenvalue weighted by Gasteiger charge is 2.31. The van der Waals surface area contributed by atoms with Gasteiger partial charge in [0.15, 0.2) is 0 Å². The molecule has 0 N–H and O–H groups in total. The molecule has 4 rings (SSSR count). The molecule has 1 amide bonds. The first-order valence-electron chi connectivity index (χ1n) is 10.5. The monoisotopic (exact) mass is 419 g/mol. The largest absolute Gasteiger partial charge is 0.374 e. The first kappa shape index (κ1) is 20.9.